The van der Waals surface area contributed by atoms with E-state index >= 15 is 0 Å². The van der Waals surface area contributed by atoms with Crippen molar-refractivity contribution in [3.63, 3.8) is 0 Å². The molecule has 1 aliphatic heterocycles. The fraction of sp³-hybridized carbons (Fsp3) is 0.318. The molecule has 1 fully saturated rings. The highest BCUT2D eigenvalue weighted by atomic mass is 32.1. The summed E-state index contributed by atoms with van der Waals surface area (Å²) < 4.78 is 0. The molecule has 0 unspecified atom stereocenters. The number of benzene rings is 2. The van der Waals surface area contributed by atoms with Gasteiger partial charge in [0.2, 0.25) is 0 Å². The number of aliphatic hydroxyl groups is 1. The van der Waals surface area contributed by atoms with Crippen LogP contribution in [0.5, 0.6) is 0 Å². The van der Waals surface area contributed by atoms with Gasteiger partial charge in [-0.05, 0) is 48.1 Å². The topological polar surface area (TPSA) is 40.5 Å². The standard InChI is InChI=1S/C22H23NO2S/c1-15-20(22(25)23-11-9-16(14-24)10-12-23)13-21(26-15)19-8-4-6-17-5-2-3-7-18(17)19/h2-8,13,16,24H,9-12,14H2,1H3. The third-order valence-electron chi connectivity index (χ3n) is 5.36. The zero-order valence-corrected chi connectivity index (χ0v) is 15.8. The largest absolute Gasteiger partial charge is 0.396 e. The minimum absolute atomic E-state index is 0.127. The van der Waals surface area contributed by atoms with Gasteiger partial charge >= 0.3 is 0 Å². The number of thiophene rings is 1. The average molecular weight is 365 g/mol. The SMILES string of the molecule is Cc1sc(-c2cccc3ccccc23)cc1C(=O)N1CCC(CO)CC1. The Bertz CT molecular complexity index is 933. The Morgan fingerprint density at radius 2 is 1.88 bits per heavy atom. The smallest absolute Gasteiger partial charge is 0.254 e. The van der Waals surface area contributed by atoms with Crippen LogP contribution in [0, 0.1) is 12.8 Å². The monoisotopic (exact) mass is 365 g/mol. The Balaban J connectivity index is 1.64. The van der Waals surface area contributed by atoms with E-state index in [0.29, 0.717) is 5.92 Å². The number of carbonyl (C=O) groups is 1. The second-order valence-corrected chi connectivity index (χ2v) is 8.28. The molecule has 0 bridgehead atoms. The molecule has 134 valence electrons. The molecular formula is C22H23NO2S. The maximum Gasteiger partial charge on any atom is 0.254 e. The molecule has 0 aliphatic carbocycles. The van der Waals surface area contributed by atoms with Crippen LogP contribution < -0.4 is 0 Å². The summed E-state index contributed by atoms with van der Waals surface area (Å²) in [5.41, 5.74) is 2.01. The van der Waals surface area contributed by atoms with E-state index in [1.807, 2.05) is 11.8 Å². The van der Waals surface area contributed by atoms with Crippen molar-refractivity contribution < 1.29 is 9.90 Å². The molecule has 3 aromatic rings. The highest BCUT2D eigenvalue weighted by Gasteiger charge is 2.25. The summed E-state index contributed by atoms with van der Waals surface area (Å²) >= 11 is 1.69. The number of hydrogen-bond acceptors (Lipinski definition) is 3. The van der Waals surface area contributed by atoms with E-state index in [-0.39, 0.29) is 12.5 Å². The van der Waals surface area contributed by atoms with Gasteiger partial charge in [0.25, 0.3) is 5.91 Å². The zero-order chi connectivity index (χ0) is 18.1. The predicted octanol–water partition coefficient (Wildman–Crippen LogP) is 4.72. The summed E-state index contributed by atoms with van der Waals surface area (Å²) in [6.45, 7) is 3.74. The molecule has 1 amide bonds. The lowest BCUT2D eigenvalue weighted by atomic mass is 9.97. The number of likely N-dealkylation sites (tertiary alicyclic amines) is 1. The number of carbonyl (C=O) groups excluding carboxylic acids is 1. The molecule has 0 radical (unpaired) electrons. The lowest BCUT2D eigenvalue weighted by Crippen LogP contribution is -2.39. The van der Waals surface area contributed by atoms with Gasteiger partial charge in [-0.25, -0.2) is 0 Å². The first-order chi connectivity index (χ1) is 12.7. The van der Waals surface area contributed by atoms with Crippen molar-refractivity contribution in [2.24, 2.45) is 5.92 Å². The molecule has 3 nitrogen and oxygen atoms in total. The normalized spacial score (nSPS) is 15.5. The number of aliphatic hydroxyl groups excluding tert-OH is 1. The molecule has 1 saturated heterocycles. The van der Waals surface area contributed by atoms with E-state index in [9.17, 15) is 9.90 Å². The van der Waals surface area contributed by atoms with Crippen molar-refractivity contribution in [2.45, 2.75) is 19.8 Å². The molecule has 2 aromatic carbocycles. The number of nitrogens with zero attached hydrogens (tertiary/aromatic N) is 1. The van der Waals surface area contributed by atoms with Crippen molar-refractivity contribution in [1.82, 2.24) is 4.90 Å². The molecule has 26 heavy (non-hydrogen) atoms. The number of fused-ring (bicyclic) bond motifs is 1. The van der Waals surface area contributed by atoms with Crippen LogP contribution >= 0.6 is 11.3 Å². The van der Waals surface area contributed by atoms with Gasteiger partial charge in [0.15, 0.2) is 0 Å². The van der Waals surface area contributed by atoms with E-state index in [1.54, 1.807) is 11.3 Å². The molecule has 2 heterocycles. The highest BCUT2D eigenvalue weighted by molar-refractivity contribution is 7.15. The average Bonchev–Trinajstić information content (AvgIpc) is 3.08. The minimum Gasteiger partial charge on any atom is -0.396 e. The summed E-state index contributed by atoms with van der Waals surface area (Å²) in [6, 6.07) is 16.8. The van der Waals surface area contributed by atoms with E-state index < -0.39 is 0 Å². The maximum atomic E-state index is 13.0. The van der Waals surface area contributed by atoms with Gasteiger partial charge < -0.3 is 10.0 Å². The van der Waals surface area contributed by atoms with Crippen LogP contribution in [0.4, 0.5) is 0 Å². The molecule has 0 atom stereocenters. The summed E-state index contributed by atoms with van der Waals surface area (Å²) in [7, 11) is 0. The van der Waals surface area contributed by atoms with Gasteiger partial charge in [0.1, 0.15) is 0 Å². The second-order valence-electron chi connectivity index (χ2n) is 7.03. The minimum atomic E-state index is 0.127. The van der Waals surface area contributed by atoms with Crippen molar-refractivity contribution in [1.29, 1.82) is 0 Å². The summed E-state index contributed by atoms with van der Waals surface area (Å²) in [5, 5.41) is 11.7. The number of hydrogen-bond donors (Lipinski definition) is 1. The molecule has 0 saturated carbocycles. The van der Waals surface area contributed by atoms with Gasteiger partial charge in [-0.1, -0.05) is 42.5 Å². The molecule has 0 spiro atoms. The zero-order valence-electron chi connectivity index (χ0n) is 14.9. The number of rotatable bonds is 3. The van der Waals surface area contributed by atoms with Gasteiger partial charge in [0.05, 0.1) is 5.56 Å². The summed E-state index contributed by atoms with van der Waals surface area (Å²) in [5.74, 6) is 0.468. The lowest BCUT2D eigenvalue weighted by Gasteiger charge is -2.31. The Hall–Kier alpha value is -2.17. The fourth-order valence-corrected chi connectivity index (χ4v) is 4.81. The van der Waals surface area contributed by atoms with E-state index in [2.05, 4.69) is 48.5 Å². The van der Waals surface area contributed by atoms with Crippen LogP contribution in [0.2, 0.25) is 0 Å². The van der Waals surface area contributed by atoms with Crippen LogP contribution in [-0.4, -0.2) is 35.6 Å². The van der Waals surface area contributed by atoms with Crippen LogP contribution in [-0.2, 0) is 0 Å². The molecule has 1 aliphatic rings. The number of piperidine rings is 1. The number of amides is 1. The molecule has 1 aromatic heterocycles. The second kappa shape index (κ2) is 7.22. The van der Waals surface area contributed by atoms with Crippen LogP contribution in [0.1, 0.15) is 28.1 Å². The molecule has 1 N–H and O–H groups in total. The third-order valence-corrected chi connectivity index (χ3v) is 6.45. The summed E-state index contributed by atoms with van der Waals surface area (Å²) in [4.78, 5) is 17.2. The molecule has 4 rings (SSSR count). The fourth-order valence-electron chi connectivity index (χ4n) is 3.76. The molecular weight excluding hydrogens is 342 g/mol. The first kappa shape index (κ1) is 17.3. The molecule has 4 heteroatoms. The van der Waals surface area contributed by atoms with Gasteiger partial charge in [-0.2, -0.15) is 0 Å². The van der Waals surface area contributed by atoms with E-state index in [0.717, 1.165) is 41.2 Å². The van der Waals surface area contributed by atoms with Gasteiger partial charge in [0, 0.05) is 29.5 Å². The Morgan fingerprint density at radius 3 is 2.65 bits per heavy atom. The van der Waals surface area contributed by atoms with Gasteiger partial charge in [-0.3, -0.25) is 4.79 Å². The van der Waals surface area contributed by atoms with E-state index in [1.165, 1.54) is 16.3 Å². The van der Waals surface area contributed by atoms with Gasteiger partial charge in [-0.15, -0.1) is 11.3 Å². The third kappa shape index (κ3) is 3.15. The first-order valence-corrected chi connectivity index (χ1v) is 9.97. The van der Waals surface area contributed by atoms with Crippen molar-refractivity contribution in [3.8, 4) is 10.4 Å². The highest BCUT2D eigenvalue weighted by Crippen LogP contribution is 2.36. The summed E-state index contributed by atoms with van der Waals surface area (Å²) in [6.07, 6.45) is 1.78. The van der Waals surface area contributed by atoms with Crippen molar-refractivity contribution in [2.75, 3.05) is 19.7 Å². The van der Waals surface area contributed by atoms with Crippen LogP contribution in [0.3, 0.4) is 0 Å². The van der Waals surface area contributed by atoms with Crippen LogP contribution in [0.15, 0.2) is 48.5 Å². The Morgan fingerprint density at radius 1 is 1.15 bits per heavy atom. The quantitative estimate of drug-likeness (QED) is 0.729. The predicted molar refractivity (Wildman–Crippen MR) is 108 cm³/mol. The van der Waals surface area contributed by atoms with E-state index in [4.69, 9.17) is 0 Å². The van der Waals surface area contributed by atoms with Crippen LogP contribution in [0.25, 0.3) is 21.2 Å². The lowest BCUT2D eigenvalue weighted by molar-refractivity contribution is 0.0651. The maximum absolute atomic E-state index is 13.0. The van der Waals surface area contributed by atoms with Crippen molar-refractivity contribution in [3.05, 3.63) is 59.0 Å². The van der Waals surface area contributed by atoms with Crippen molar-refractivity contribution >= 4 is 28.0 Å². The Kier molecular flexibility index (Phi) is 4.79. The number of aryl methyl sites for hydroxylation is 1. The Labute approximate surface area is 157 Å². The first-order valence-electron chi connectivity index (χ1n) is 9.16.